The lowest BCUT2D eigenvalue weighted by Crippen LogP contribution is -2.13. The monoisotopic (exact) mass is 579 g/mol. The number of carbonyl (C=O) groups excluding carboxylic acids is 1. The number of hydrogen-bond acceptors (Lipinski definition) is 6. The highest BCUT2D eigenvalue weighted by atomic mass is 32.2. The number of aryl methyl sites for hydroxylation is 1. The number of fused-ring (bicyclic) bond motifs is 1. The third kappa shape index (κ3) is 7.86. The van der Waals surface area contributed by atoms with Gasteiger partial charge in [-0.05, 0) is 56.9 Å². The summed E-state index contributed by atoms with van der Waals surface area (Å²) < 4.78 is 7.62. The molecule has 1 heterocycles. The summed E-state index contributed by atoms with van der Waals surface area (Å²) in [6, 6.07) is 20.3. The minimum absolute atomic E-state index is 0. The third-order valence-electron chi connectivity index (χ3n) is 6.43. The van der Waals surface area contributed by atoms with E-state index in [1.54, 1.807) is 11.8 Å². The number of hydrogen-bond donors (Lipinski definition) is 1. The fourth-order valence-electron chi connectivity index (χ4n) is 4.62. The lowest BCUT2D eigenvalue weighted by atomic mass is 9.95. The first-order valence-corrected chi connectivity index (χ1v) is 14.3. The first-order valence-electron chi connectivity index (χ1n) is 13.4. The fraction of sp³-hybridized carbons (Fsp3) is 0.382. The van der Waals surface area contributed by atoms with Gasteiger partial charge in [0.05, 0.1) is 17.7 Å². The van der Waals surface area contributed by atoms with E-state index in [9.17, 15) is 9.90 Å². The summed E-state index contributed by atoms with van der Waals surface area (Å²) in [7, 11) is 9.91. The summed E-state index contributed by atoms with van der Waals surface area (Å²) in [6.07, 6.45) is 0. The molecular weight excluding hydrogens is 530 g/mol. The molecule has 7 heteroatoms. The Morgan fingerprint density at radius 3 is 2.22 bits per heavy atom. The largest absolute Gasteiger partial charge is 0.507 e. The van der Waals surface area contributed by atoms with Crippen LogP contribution in [0.1, 0.15) is 57.2 Å². The van der Waals surface area contributed by atoms with Gasteiger partial charge in [-0.25, -0.2) is 4.79 Å². The average molecular weight is 580 g/mol. The van der Waals surface area contributed by atoms with Crippen molar-refractivity contribution in [3.8, 4) is 16.9 Å². The minimum Gasteiger partial charge on any atom is -0.507 e. The number of aromatic hydroxyl groups is 1. The highest BCUT2D eigenvalue weighted by Gasteiger charge is 2.28. The second-order valence-electron chi connectivity index (χ2n) is 9.53. The second-order valence-corrected chi connectivity index (χ2v) is 10.6. The lowest BCUT2D eigenvalue weighted by molar-refractivity contribution is 0.0527. The van der Waals surface area contributed by atoms with E-state index < -0.39 is 0 Å². The third-order valence-corrected chi connectivity index (χ3v) is 7.45. The van der Waals surface area contributed by atoms with Crippen LogP contribution in [0.2, 0.25) is 0 Å². The molecule has 1 N–H and O–H groups in total. The maximum absolute atomic E-state index is 13.4. The SMILES string of the molecule is C.C.CC.CCOC(=O)c1c(CSc2ccccc2)n(C)c2cc(-c3cccc(N(C)C)c3)c(O)c(CN(C)C)c12. The Morgan fingerprint density at radius 2 is 1.63 bits per heavy atom. The molecule has 0 amide bonds. The van der Waals surface area contributed by atoms with Crippen molar-refractivity contribution in [1.29, 1.82) is 0 Å². The van der Waals surface area contributed by atoms with Crippen molar-refractivity contribution in [2.45, 2.75) is 52.8 Å². The standard InChI is InChI=1S/C30H35N3O3S.C2H6.2CH4/c1-7-36-30(35)28-26(19-37-22-14-9-8-10-15-22)33(6)25-17-23(20-12-11-13-21(16-20)32(4)5)29(34)24(27(25)28)18-31(2)3;1-2;;/h8-17,34H,7,18-19H2,1-6H3;1-2H3;2*1H4. The number of thioether (sulfide) groups is 1. The van der Waals surface area contributed by atoms with Crippen molar-refractivity contribution in [2.24, 2.45) is 7.05 Å². The number of benzene rings is 3. The number of anilines is 1. The van der Waals surface area contributed by atoms with Crippen LogP contribution in [0.3, 0.4) is 0 Å². The molecule has 4 aromatic rings. The van der Waals surface area contributed by atoms with Crippen molar-refractivity contribution in [3.05, 3.63) is 77.5 Å². The molecule has 0 unspecified atom stereocenters. The Kier molecular flexibility index (Phi) is 14.0. The van der Waals surface area contributed by atoms with Crippen LogP contribution in [0.5, 0.6) is 5.75 Å². The molecule has 3 aromatic carbocycles. The second kappa shape index (κ2) is 16.1. The van der Waals surface area contributed by atoms with Crippen LogP contribution in [0.25, 0.3) is 22.0 Å². The van der Waals surface area contributed by atoms with E-state index in [4.69, 9.17) is 4.74 Å². The number of aromatic nitrogens is 1. The number of phenols is 1. The van der Waals surface area contributed by atoms with E-state index >= 15 is 0 Å². The Balaban J connectivity index is 0.00000206. The minimum atomic E-state index is -0.362. The first-order chi connectivity index (χ1) is 18.7. The molecule has 1 aromatic heterocycles. The number of nitrogens with zero attached hydrogens (tertiary/aromatic N) is 3. The van der Waals surface area contributed by atoms with Gasteiger partial charge in [-0.2, -0.15) is 0 Å². The zero-order valence-corrected chi connectivity index (χ0v) is 25.2. The number of phenolic OH excluding ortho intramolecular Hbond substituents is 1. The zero-order chi connectivity index (χ0) is 28.7. The highest BCUT2D eigenvalue weighted by Crippen LogP contribution is 2.43. The van der Waals surface area contributed by atoms with E-state index in [2.05, 4.69) is 22.8 Å². The highest BCUT2D eigenvalue weighted by molar-refractivity contribution is 7.98. The van der Waals surface area contributed by atoms with Crippen LogP contribution >= 0.6 is 11.8 Å². The van der Waals surface area contributed by atoms with Gasteiger partial charge in [-0.1, -0.05) is 59.0 Å². The Morgan fingerprint density at radius 1 is 0.976 bits per heavy atom. The molecule has 0 aliphatic rings. The van der Waals surface area contributed by atoms with E-state index in [-0.39, 0.29) is 33.2 Å². The maximum Gasteiger partial charge on any atom is 0.340 e. The van der Waals surface area contributed by atoms with Gasteiger partial charge in [0.25, 0.3) is 0 Å². The Bertz CT molecular complexity index is 1410. The number of ether oxygens (including phenoxy) is 1. The van der Waals surface area contributed by atoms with Gasteiger partial charge in [0, 0.05) is 66.2 Å². The average Bonchev–Trinajstić information content (AvgIpc) is 3.21. The molecular formula is C34H49N3O3S. The first kappa shape index (κ1) is 35.6. The van der Waals surface area contributed by atoms with Gasteiger partial charge in [0.15, 0.2) is 0 Å². The van der Waals surface area contributed by atoms with Crippen molar-refractivity contribution in [3.63, 3.8) is 0 Å². The number of carbonyl (C=O) groups is 1. The molecule has 0 bridgehead atoms. The smallest absolute Gasteiger partial charge is 0.340 e. The predicted molar refractivity (Wildman–Crippen MR) is 179 cm³/mol. The maximum atomic E-state index is 13.4. The van der Waals surface area contributed by atoms with Crippen LogP contribution in [0, 0.1) is 0 Å². The van der Waals surface area contributed by atoms with Crippen molar-refractivity contribution in [1.82, 2.24) is 9.47 Å². The van der Waals surface area contributed by atoms with Crippen LogP contribution in [0.4, 0.5) is 5.69 Å². The van der Waals surface area contributed by atoms with Gasteiger partial charge in [0.2, 0.25) is 0 Å². The van der Waals surface area contributed by atoms with E-state index in [0.29, 0.717) is 17.9 Å². The van der Waals surface area contributed by atoms with Gasteiger partial charge < -0.3 is 24.2 Å². The van der Waals surface area contributed by atoms with E-state index in [1.807, 2.05) is 108 Å². The van der Waals surface area contributed by atoms with E-state index in [0.717, 1.165) is 43.9 Å². The topological polar surface area (TPSA) is 57.9 Å². The van der Waals surface area contributed by atoms with Crippen molar-refractivity contribution >= 4 is 34.3 Å². The summed E-state index contributed by atoms with van der Waals surface area (Å²) in [5, 5.41) is 12.4. The molecule has 6 nitrogen and oxygen atoms in total. The molecule has 224 valence electrons. The molecule has 0 aliphatic heterocycles. The molecule has 0 atom stereocenters. The molecule has 0 saturated heterocycles. The van der Waals surface area contributed by atoms with Crippen molar-refractivity contribution in [2.75, 3.05) is 39.7 Å². The van der Waals surface area contributed by atoms with Gasteiger partial charge in [-0.3, -0.25) is 0 Å². The van der Waals surface area contributed by atoms with Gasteiger partial charge in [-0.15, -0.1) is 11.8 Å². The van der Waals surface area contributed by atoms with Crippen LogP contribution in [-0.4, -0.2) is 55.3 Å². The molecule has 0 aliphatic carbocycles. The quantitative estimate of drug-likeness (QED) is 0.159. The Hall–Kier alpha value is -3.42. The molecule has 0 saturated carbocycles. The van der Waals surface area contributed by atoms with Crippen LogP contribution < -0.4 is 4.90 Å². The molecule has 41 heavy (non-hydrogen) atoms. The predicted octanol–water partition coefficient (Wildman–Crippen LogP) is 8.45. The van der Waals surface area contributed by atoms with Crippen LogP contribution in [0.15, 0.2) is 65.6 Å². The van der Waals surface area contributed by atoms with E-state index in [1.165, 1.54) is 0 Å². The summed E-state index contributed by atoms with van der Waals surface area (Å²) in [5.41, 5.74) is 5.74. The molecule has 0 fully saturated rings. The summed E-state index contributed by atoms with van der Waals surface area (Å²) >= 11 is 1.68. The van der Waals surface area contributed by atoms with Gasteiger partial charge >= 0.3 is 5.97 Å². The number of rotatable bonds is 9. The molecule has 4 rings (SSSR count). The summed E-state index contributed by atoms with van der Waals surface area (Å²) in [4.78, 5) is 18.6. The molecule has 0 spiro atoms. The summed E-state index contributed by atoms with van der Waals surface area (Å²) in [6.45, 7) is 6.57. The van der Waals surface area contributed by atoms with Crippen LogP contribution in [-0.2, 0) is 24.1 Å². The molecule has 0 radical (unpaired) electrons. The normalized spacial score (nSPS) is 10.4. The fourth-order valence-corrected chi connectivity index (χ4v) is 5.61. The zero-order valence-electron chi connectivity index (χ0n) is 24.4. The lowest BCUT2D eigenvalue weighted by Gasteiger charge is -2.18. The number of esters is 1. The van der Waals surface area contributed by atoms with Gasteiger partial charge in [0.1, 0.15) is 5.75 Å². The summed E-state index contributed by atoms with van der Waals surface area (Å²) in [5.74, 6) is 0.422. The Labute approximate surface area is 251 Å². The van der Waals surface area contributed by atoms with Crippen molar-refractivity contribution < 1.29 is 14.6 Å².